The van der Waals surface area contributed by atoms with Gasteiger partial charge in [-0.15, -0.1) is 0 Å². The Morgan fingerprint density at radius 3 is 2.40 bits per heavy atom. The topological polar surface area (TPSA) is 26.3 Å². The average Bonchev–Trinajstić information content (AvgIpc) is 2.17. The third kappa shape index (κ3) is 3.14. The van der Waals surface area contributed by atoms with Crippen LogP contribution in [0.4, 0.5) is 0 Å². The van der Waals surface area contributed by atoms with Crippen molar-refractivity contribution in [2.24, 2.45) is 0 Å². The van der Waals surface area contributed by atoms with E-state index in [0.29, 0.717) is 6.61 Å². The zero-order chi connectivity index (χ0) is 11.5. The molecule has 0 aliphatic carbocycles. The summed E-state index contributed by atoms with van der Waals surface area (Å²) in [4.78, 5) is 0.784. The number of hydrogen-bond acceptors (Lipinski definition) is 2. The minimum atomic E-state index is -1.34. The molecular weight excluding hydrogens is 208 g/mol. The predicted octanol–water partition coefficient (Wildman–Crippen LogP) is 3.04. The summed E-state index contributed by atoms with van der Waals surface area (Å²) < 4.78 is 16.9. The highest BCUT2D eigenvalue weighted by Gasteiger charge is 2.20. The second kappa shape index (κ2) is 4.90. The van der Waals surface area contributed by atoms with Gasteiger partial charge in [0.15, 0.2) is 11.1 Å². The molecule has 1 unspecified atom stereocenters. The van der Waals surface area contributed by atoms with Crippen molar-refractivity contribution in [1.82, 2.24) is 0 Å². The summed E-state index contributed by atoms with van der Waals surface area (Å²) in [6, 6.07) is 7.73. The monoisotopic (exact) mass is 226 g/mol. The maximum absolute atomic E-state index is 11.8. The summed E-state index contributed by atoms with van der Waals surface area (Å²) in [5.74, 6) is 0. The number of hydrogen-bond donors (Lipinski definition) is 0. The Morgan fingerprint density at radius 2 is 1.87 bits per heavy atom. The smallest absolute Gasteiger partial charge is 0.189 e. The van der Waals surface area contributed by atoms with Crippen LogP contribution in [0.15, 0.2) is 29.2 Å². The Morgan fingerprint density at radius 1 is 1.27 bits per heavy atom. The van der Waals surface area contributed by atoms with Crippen LogP contribution in [0.3, 0.4) is 0 Å². The maximum atomic E-state index is 11.8. The second-order valence-corrected chi connectivity index (χ2v) is 5.53. The molecule has 0 aliphatic heterocycles. The van der Waals surface area contributed by atoms with Crippen molar-refractivity contribution >= 4 is 11.1 Å². The molecule has 1 aromatic carbocycles. The summed E-state index contributed by atoms with van der Waals surface area (Å²) in [6.45, 7) is 8.63. The van der Waals surface area contributed by atoms with Crippen molar-refractivity contribution in [3.63, 3.8) is 0 Å². The van der Waals surface area contributed by atoms with Gasteiger partial charge in [-0.2, -0.15) is 0 Å². The molecule has 0 fully saturated rings. The van der Waals surface area contributed by atoms with Gasteiger partial charge in [-0.25, -0.2) is 4.21 Å². The number of benzene rings is 1. The second-order valence-electron chi connectivity index (χ2n) is 4.39. The molecule has 0 aromatic heterocycles. The molecule has 0 radical (unpaired) electrons. The van der Waals surface area contributed by atoms with Gasteiger partial charge in [0.25, 0.3) is 0 Å². The molecule has 15 heavy (non-hydrogen) atoms. The van der Waals surface area contributed by atoms with Crippen molar-refractivity contribution in [2.75, 3.05) is 6.61 Å². The van der Waals surface area contributed by atoms with E-state index in [9.17, 15) is 4.21 Å². The van der Waals surface area contributed by atoms with Crippen molar-refractivity contribution in [3.8, 4) is 0 Å². The first-order valence-corrected chi connectivity index (χ1v) is 6.19. The van der Waals surface area contributed by atoms with Gasteiger partial charge in [0.2, 0.25) is 0 Å². The fourth-order valence-electron chi connectivity index (χ4n) is 1.40. The molecule has 1 atom stereocenters. The van der Waals surface area contributed by atoms with Crippen LogP contribution in [0.2, 0.25) is 0 Å². The predicted molar refractivity (Wildman–Crippen MR) is 63.2 cm³/mol. The van der Waals surface area contributed by atoms with Crippen molar-refractivity contribution in [2.45, 2.75) is 38.0 Å². The van der Waals surface area contributed by atoms with Gasteiger partial charge in [0.05, 0.1) is 11.5 Å². The Bertz CT molecular complexity index is 353. The van der Waals surface area contributed by atoms with Crippen LogP contribution in [-0.4, -0.2) is 10.8 Å². The van der Waals surface area contributed by atoms with E-state index in [4.69, 9.17) is 4.18 Å². The first kappa shape index (κ1) is 12.4. The lowest BCUT2D eigenvalue weighted by Crippen LogP contribution is -2.15. The molecule has 1 rings (SSSR count). The molecule has 0 amide bonds. The standard InChI is InChI=1S/C12H18O2S/c1-5-14-15(13)11-9-7-6-8-10(11)12(2,3)4/h6-9H,5H2,1-4H3. The minimum absolute atomic E-state index is 0.0106. The van der Waals surface area contributed by atoms with E-state index in [2.05, 4.69) is 20.8 Å². The van der Waals surface area contributed by atoms with Gasteiger partial charge in [0.1, 0.15) is 0 Å². The summed E-state index contributed by atoms with van der Waals surface area (Å²) >= 11 is -1.34. The Labute approximate surface area is 94.3 Å². The van der Waals surface area contributed by atoms with Crippen LogP contribution in [0, 0.1) is 0 Å². The third-order valence-corrected chi connectivity index (χ3v) is 3.26. The van der Waals surface area contributed by atoms with Crippen molar-refractivity contribution in [3.05, 3.63) is 29.8 Å². The molecule has 0 spiro atoms. The average molecular weight is 226 g/mol. The van der Waals surface area contributed by atoms with E-state index >= 15 is 0 Å². The van der Waals surface area contributed by atoms with Gasteiger partial charge in [-0.3, -0.25) is 4.18 Å². The largest absolute Gasteiger partial charge is 0.287 e. The van der Waals surface area contributed by atoms with Crippen LogP contribution >= 0.6 is 0 Å². The SMILES string of the molecule is CCOS(=O)c1ccccc1C(C)(C)C. The Balaban J connectivity index is 3.12. The summed E-state index contributed by atoms with van der Waals surface area (Å²) in [5, 5.41) is 0. The molecule has 0 saturated carbocycles. The van der Waals surface area contributed by atoms with Crippen molar-refractivity contribution in [1.29, 1.82) is 0 Å². The highest BCUT2D eigenvalue weighted by molar-refractivity contribution is 7.80. The molecule has 0 saturated heterocycles. The third-order valence-electron chi connectivity index (χ3n) is 2.10. The molecule has 84 valence electrons. The number of rotatable bonds is 3. The highest BCUT2D eigenvalue weighted by atomic mass is 32.2. The quantitative estimate of drug-likeness (QED) is 0.792. The molecule has 0 bridgehead atoms. The van der Waals surface area contributed by atoms with Gasteiger partial charge in [-0.1, -0.05) is 39.0 Å². The van der Waals surface area contributed by atoms with E-state index < -0.39 is 11.1 Å². The molecule has 1 aromatic rings. The molecule has 3 heteroatoms. The van der Waals surface area contributed by atoms with E-state index in [-0.39, 0.29) is 5.41 Å². The summed E-state index contributed by atoms with van der Waals surface area (Å²) in [7, 11) is 0. The zero-order valence-electron chi connectivity index (χ0n) is 9.74. The molecule has 0 heterocycles. The molecule has 0 N–H and O–H groups in total. The van der Waals surface area contributed by atoms with Gasteiger partial charge in [0, 0.05) is 0 Å². The normalized spacial score (nSPS) is 13.9. The van der Waals surface area contributed by atoms with Crippen LogP contribution in [0.1, 0.15) is 33.3 Å². The minimum Gasteiger partial charge on any atom is -0.287 e. The van der Waals surface area contributed by atoms with E-state index in [1.54, 1.807) is 0 Å². The van der Waals surface area contributed by atoms with Crippen LogP contribution in [0.5, 0.6) is 0 Å². The zero-order valence-corrected chi connectivity index (χ0v) is 10.6. The van der Waals surface area contributed by atoms with Crippen molar-refractivity contribution < 1.29 is 8.39 Å². The fourth-order valence-corrected chi connectivity index (χ4v) is 2.49. The first-order chi connectivity index (χ1) is 6.96. The van der Waals surface area contributed by atoms with Gasteiger partial charge < -0.3 is 0 Å². The summed E-state index contributed by atoms with van der Waals surface area (Å²) in [5.41, 5.74) is 1.07. The first-order valence-electron chi connectivity index (χ1n) is 5.11. The Hall–Kier alpha value is -0.670. The van der Waals surface area contributed by atoms with E-state index in [1.165, 1.54) is 0 Å². The molecule has 2 nitrogen and oxygen atoms in total. The van der Waals surface area contributed by atoms with Crippen LogP contribution in [0.25, 0.3) is 0 Å². The van der Waals surface area contributed by atoms with E-state index in [0.717, 1.165) is 10.5 Å². The lowest BCUT2D eigenvalue weighted by molar-refractivity contribution is 0.370. The molecule has 0 aliphatic rings. The van der Waals surface area contributed by atoms with Crippen LogP contribution < -0.4 is 0 Å². The summed E-state index contributed by atoms with van der Waals surface area (Å²) in [6.07, 6.45) is 0. The van der Waals surface area contributed by atoms with Gasteiger partial charge in [-0.05, 0) is 24.0 Å². The maximum Gasteiger partial charge on any atom is 0.189 e. The fraction of sp³-hybridized carbons (Fsp3) is 0.500. The van der Waals surface area contributed by atoms with E-state index in [1.807, 2.05) is 31.2 Å². The Kier molecular flexibility index (Phi) is 4.05. The van der Waals surface area contributed by atoms with Crippen LogP contribution in [-0.2, 0) is 20.7 Å². The van der Waals surface area contributed by atoms with Gasteiger partial charge >= 0.3 is 0 Å². The lowest BCUT2D eigenvalue weighted by atomic mass is 9.87. The molecular formula is C12H18O2S. The lowest BCUT2D eigenvalue weighted by Gasteiger charge is -2.21. The highest BCUT2D eigenvalue weighted by Crippen LogP contribution is 2.27.